The van der Waals surface area contributed by atoms with Crippen LogP contribution in [0.5, 0.6) is 0 Å². The molecule has 3 atom stereocenters. The summed E-state index contributed by atoms with van der Waals surface area (Å²) >= 11 is 0. The number of hydrogen-bond acceptors (Lipinski definition) is 3. The number of benzene rings is 1. The van der Waals surface area contributed by atoms with Crippen molar-refractivity contribution in [2.24, 2.45) is 35.0 Å². The molecule has 1 aromatic carbocycles. The Kier molecular flexibility index (Phi) is 53.2. The van der Waals surface area contributed by atoms with E-state index in [4.69, 9.17) is 16.3 Å². The summed E-state index contributed by atoms with van der Waals surface area (Å²) in [6, 6.07) is 2.25. The number of primary amides is 3. The van der Waals surface area contributed by atoms with Crippen molar-refractivity contribution in [2.75, 3.05) is 0 Å². The van der Waals surface area contributed by atoms with Gasteiger partial charge >= 0.3 is 0 Å². The standard InChI is InChI=1S/C68H128N2O2.CH3NO/c1-7-13-19-25-31-34-40-44-50-59(49-43-37-28-22-16-10-4)55-62-58-65(67(69)71)64(57-61(53-46-39-30-24-18-12-6)54-48-42-36-33-27-21-15-9-3)66(68(70)72)63(62)56-60(51-45-38-29-23-17-11-5)52-47-41-35-32-26-20-14-8-2;2-1-3/h58-61H,7-57H2,1-6H3,(H2,69,71)(H2,70,72);1H,(H2,2,3). The summed E-state index contributed by atoms with van der Waals surface area (Å²) < 4.78 is 0. The number of carbonyl (C=O) groups is 3. The normalized spacial score (nSPS) is 12.6. The van der Waals surface area contributed by atoms with Gasteiger partial charge in [-0.3, -0.25) is 14.4 Å². The van der Waals surface area contributed by atoms with Gasteiger partial charge in [0.25, 0.3) is 0 Å². The first-order valence-electron chi connectivity index (χ1n) is 33.6. The van der Waals surface area contributed by atoms with Crippen LogP contribution in [0.25, 0.3) is 0 Å². The minimum absolute atomic E-state index is 0.250. The van der Waals surface area contributed by atoms with Gasteiger partial charge in [-0.15, -0.1) is 0 Å². The molecule has 0 radical (unpaired) electrons. The van der Waals surface area contributed by atoms with Gasteiger partial charge in [0.2, 0.25) is 18.2 Å². The van der Waals surface area contributed by atoms with Crippen LogP contribution in [0.2, 0.25) is 0 Å². The molecule has 3 unspecified atom stereocenters. The Hall–Kier alpha value is -2.37. The highest BCUT2D eigenvalue weighted by molar-refractivity contribution is 6.02. The fraction of sp³-hybridized carbons (Fsp3) is 0.870. The lowest BCUT2D eigenvalue weighted by Gasteiger charge is -2.28. The third-order valence-electron chi connectivity index (χ3n) is 16.9. The number of unbranched alkanes of at least 4 members (excludes halogenated alkanes) is 36. The summed E-state index contributed by atoms with van der Waals surface area (Å²) in [5, 5.41) is 0. The average molecular weight is 1050 g/mol. The molecule has 75 heavy (non-hydrogen) atoms. The van der Waals surface area contributed by atoms with Crippen LogP contribution in [-0.2, 0) is 24.1 Å². The van der Waals surface area contributed by atoms with E-state index in [-0.39, 0.29) is 18.2 Å². The Balaban J connectivity index is 0.0000178. The number of carbonyl (C=O) groups excluding carboxylic acids is 3. The minimum Gasteiger partial charge on any atom is -0.372 e. The van der Waals surface area contributed by atoms with Crippen molar-refractivity contribution in [3.63, 3.8) is 0 Å². The molecule has 6 N–H and O–H groups in total. The summed E-state index contributed by atoms with van der Waals surface area (Å²) in [5.74, 6) is 0.778. The van der Waals surface area contributed by atoms with Crippen LogP contribution in [0.3, 0.4) is 0 Å². The van der Waals surface area contributed by atoms with Crippen molar-refractivity contribution in [3.8, 4) is 0 Å². The molecule has 0 saturated heterocycles. The van der Waals surface area contributed by atoms with Gasteiger partial charge in [-0.25, -0.2) is 0 Å². The van der Waals surface area contributed by atoms with Gasteiger partial charge < -0.3 is 17.2 Å². The minimum atomic E-state index is -0.371. The average Bonchev–Trinajstić information content (AvgIpc) is 3.39. The molecule has 0 aromatic heterocycles. The van der Waals surface area contributed by atoms with Gasteiger partial charge in [0.05, 0.1) is 0 Å². The molecule has 3 amide bonds. The van der Waals surface area contributed by atoms with E-state index in [1.54, 1.807) is 0 Å². The molecular weight excluding hydrogens is 919 g/mol. The van der Waals surface area contributed by atoms with Crippen molar-refractivity contribution >= 4 is 18.2 Å². The van der Waals surface area contributed by atoms with Gasteiger partial charge in [-0.05, 0) is 59.8 Å². The Morgan fingerprint density at radius 2 is 0.560 bits per heavy atom. The number of amides is 3. The van der Waals surface area contributed by atoms with Crippen LogP contribution < -0.4 is 17.2 Å². The lowest BCUT2D eigenvalue weighted by Crippen LogP contribution is -2.26. The van der Waals surface area contributed by atoms with Crippen LogP contribution in [0.1, 0.15) is 387 Å². The highest BCUT2D eigenvalue weighted by atomic mass is 16.1. The lowest BCUT2D eigenvalue weighted by molar-refractivity contribution is -0.106. The molecule has 6 nitrogen and oxygen atoms in total. The van der Waals surface area contributed by atoms with E-state index < -0.39 is 0 Å². The predicted molar refractivity (Wildman–Crippen MR) is 331 cm³/mol. The van der Waals surface area contributed by atoms with Crippen LogP contribution in [0, 0.1) is 17.8 Å². The zero-order valence-electron chi connectivity index (χ0n) is 51.4. The Labute approximate surface area is 468 Å². The van der Waals surface area contributed by atoms with Crippen LogP contribution >= 0.6 is 0 Å². The number of hydrogen-bond donors (Lipinski definition) is 3. The van der Waals surface area contributed by atoms with E-state index in [1.165, 1.54) is 306 Å². The van der Waals surface area contributed by atoms with Gasteiger partial charge in [-0.2, -0.15) is 0 Å². The van der Waals surface area contributed by atoms with Crippen molar-refractivity contribution < 1.29 is 14.4 Å². The largest absolute Gasteiger partial charge is 0.372 e. The molecule has 0 aliphatic rings. The first-order chi connectivity index (χ1) is 36.7. The van der Waals surface area contributed by atoms with Crippen molar-refractivity contribution in [3.05, 3.63) is 33.9 Å². The summed E-state index contributed by atoms with van der Waals surface area (Å²) in [5.41, 5.74) is 22.1. The number of rotatable bonds is 56. The van der Waals surface area contributed by atoms with E-state index in [9.17, 15) is 9.59 Å². The van der Waals surface area contributed by atoms with Crippen molar-refractivity contribution in [1.82, 2.24) is 0 Å². The lowest BCUT2D eigenvalue weighted by atomic mass is 9.77. The second-order valence-electron chi connectivity index (χ2n) is 24.0. The highest BCUT2D eigenvalue weighted by Crippen LogP contribution is 2.36. The second kappa shape index (κ2) is 55.0. The molecular formula is C69H131N3O3. The molecule has 0 aliphatic heterocycles. The predicted octanol–water partition coefficient (Wildman–Crippen LogP) is 21.3. The Bertz CT molecular complexity index is 1430. The van der Waals surface area contributed by atoms with Gasteiger partial charge in [0, 0.05) is 11.1 Å². The van der Waals surface area contributed by atoms with Gasteiger partial charge in [0.15, 0.2) is 0 Å². The first kappa shape index (κ1) is 72.6. The smallest absolute Gasteiger partial charge is 0.249 e. The fourth-order valence-electron chi connectivity index (χ4n) is 12.2. The molecule has 440 valence electrons. The van der Waals surface area contributed by atoms with E-state index >= 15 is 0 Å². The summed E-state index contributed by atoms with van der Waals surface area (Å²) in [6.45, 7) is 13.8. The summed E-state index contributed by atoms with van der Waals surface area (Å²) in [7, 11) is 0. The third kappa shape index (κ3) is 41.4. The van der Waals surface area contributed by atoms with Gasteiger partial charge in [-0.1, -0.05) is 350 Å². The molecule has 6 heteroatoms. The van der Waals surface area contributed by atoms with Gasteiger partial charge in [0.1, 0.15) is 0 Å². The molecule has 0 bridgehead atoms. The molecule has 0 heterocycles. The molecule has 1 rings (SSSR count). The van der Waals surface area contributed by atoms with Crippen molar-refractivity contribution in [2.45, 2.75) is 369 Å². The number of nitrogens with two attached hydrogens (primary N) is 3. The van der Waals surface area contributed by atoms with E-state index in [1.807, 2.05) is 0 Å². The molecule has 0 spiro atoms. The van der Waals surface area contributed by atoms with Crippen LogP contribution in [0.4, 0.5) is 0 Å². The monoisotopic (exact) mass is 1050 g/mol. The SMILES string of the molecule is CCCCCCCCCCC(CCCCCCCC)Cc1cc(C(N)=O)c(CC(CCCCCCCC)CCCCCCCCCC)c(C(N)=O)c1CC(CCCCCCCC)CCCCCCCCCC.NC=O. The molecule has 1 aromatic rings. The molecule has 0 fully saturated rings. The summed E-state index contributed by atoms with van der Waals surface area (Å²) in [6.07, 6.45) is 65.2. The van der Waals surface area contributed by atoms with Crippen LogP contribution in [0.15, 0.2) is 6.07 Å². The maximum absolute atomic E-state index is 14.5. The highest BCUT2D eigenvalue weighted by Gasteiger charge is 2.28. The van der Waals surface area contributed by atoms with E-state index in [0.29, 0.717) is 28.9 Å². The quantitative estimate of drug-likeness (QED) is 0.0444. The summed E-state index contributed by atoms with van der Waals surface area (Å²) in [4.78, 5) is 37.0. The Morgan fingerprint density at radius 3 is 0.787 bits per heavy atom. The third-order valence-corrected chi connectivity index (χ3v) is 16.9. The maximum atomic E-state index is 14.5. The second-order valence-corrected chi connectivity index (χ2v) is 24.0. The van der Waals surface area contributed by atoms with E-state index in [2.05, 4.69) is 53.3 Å². The zero-order valence-corrected chi connectivity index (χ0v) is 51.4. The first-order valence-corrected chi connectivity index (χ1v) is 33.6. The molecule has 0 saturated carbocycles. The van der Waals surface area contributed by atoms with Crippen LogP contribution in [-0.4, -0.2) is 18.2 Å². The molecule has 0 aliphatic carbocycles. The maximum Gasteiger partial charge on any atom is 0.249 e. The topological polar surface area (TPSA) is 129 Å². The zero-order chi connectivity index (χ0) is 55.3. The van der Waals surface area contributed by atoms with Crippen molar-refractivity contribution in [1.29, 1.82) is 0 Å². The van der Waals surface area contributed by atoms with E-state index in [0.717, 1.165) is 37.7 Å². The Morgan fingerprint density at radius 1 is 0.347 bits per heavy atom. The fourth-order valence-corrected chi connectivity index (χ4v) is 12.2.